The molecule has 2 rings (SSSR count). The Hall–Kier alpha value is -1.62. The van der Waals surface area contributed by atoms with Gasteiger partial charge in [0.25, 0.3) is 5.91 Å². The van der Waals surface area contributed by atoms with Gasteiger partial charge in [-0.3, -0.25) is 4.79 Å². The van der Waals surface area contributed by atoms with Crippen LogP contribution in [0.15, 0.2) is 28.7 Å². The van der Waals surface area contributed by atoms with Crippen molar-refractivity contribution in [1.29, 1.82) is 0 Å². The summed E-state index contributed by atoms with van der Waals surface area (Å²) in [5.74, 6) is 0.507. The number of nitrogens with zero attached hydrogens (tertiary/aromatic N) is 1. The molecular weight excluding hydrogens is 320 g/mol. The summed E-state index contributed by atoms with van der Waals surface area (Å²) in [6.45, 7) is 3.49. The zero-order valence-corrected chi connectivity index (χ0v) is 13.2. The molecule has 20 heavy (non-hydrogen) atoms. The van der Waals surface area contributed by atoms with Gasteiger partial charge in [-0.25, -0.2) is 4.98 Å². The lowest BCUT2D eigenvalue weighted by atomic mass is 10.1. The minimum absolute atomic E-state index is 0.263. The summed E-state index contributed by atoms with van der Waals surface area (Å²) in [6, 6.07) is 7.85. The molecular formula is C15H17BrN2O2. The van der Waals surface area contributed by atoms with Crippen molar-refractivity contribution in [3.8, 4) is 0 Å². The molecule has 0 saturated carbocycles. The SMILES string of the molecule is Cc1nc(C)c(C(=O)Nc2cccc(CCCBr)c2)o1. The van der Waals surface area contributed by atoms with Crippen LogP contribution in [-0.4, -0.2) is 16.2 Å². The lowest BCUT2D eigenvalue weighted by Crippen LogP contribution is -2.12. The minimum atomic E-state index is -0.263. The van der Waals surface area contributed by atoms with Crippen molar-refractivity contribution < 1.29 is 9.21 Å². The molecule has 0 aliphatic rings. The molecule has 0 saturated heterocycles. The van der Waals surface area contributed by atoms with Crippen LogP contribution in [0.5, 0.6) is 0 Å². The first-order valence-electron chi connectivity index (χ1n) is 6.50. The van der Waals surface area contributed by atoms with E-state index in [0.29, 0.717) is 11.6 Å². The Balaban J connectivity index is 2.09. The summed E-state index contributed by atoms with van der Waals surface area (Å²) < 4.78 is 5.31. The number of halogens is 1. The molecule has 106 valence electrons. The van der Waals surface area contributed by atoms with Crippen LogP contribution >= 0.6 is 15.9 Å². The van der Waals surface area contributed by atoms with Gasteiger partial charge in [-0.2, -0.15) is 0 Å². The summed E-state index contributed by atoms with van der Waals surface area (Å²) in [5, 5.41) is 3.82. The Morgan fingerprint density at radius 1 is 1.40 bits per heavy atom. The molecule has 0 spiro atoms. The van der Waals surface area contributed by atoms with E-state index in [9.17, 15) is 4.79 Å². The predicted octanol–water partition coefficient (Wildman–Crippen LogP) is 3.87. The molecule has 4 nitrogen and oxygen atoms in total. The first-order valence-corrected chi connectivity index (χ1v) is 7.62. The average molecular weight is 337 g/mol. The monoisotopic (exact) mass is 336 g/mol. The number of anilines is 1. The van der Waals surface area contributed by atoms with Gasteiger partial charge in [0.15, 0.2) is 5.89 Å². The van der Waals surface area contributed by atoms with Crippen LogP contribution in [0.3, 0.4) is 0 Å². The smallest absolute Gasteiger partial charge is 0.293 e. The molecule has 0 atom stereocenters. The third kappa shape index (κ3) is 3.70. The van der Waals surface area contributed by atoms with Crippen molar-refractivity contribution in [3.63, 3.8) is 0 Å². The van der Waals surface area contributed by atoms with Crippen molar-refractivity contribution in [2.45, 2.75) is 26.7 Å². The summed E-state index contributed by atoms with van der Waals surface area (Å²) >= 11 is 3.42. The van der Waals surface area contributed by atoms with Gasteiger partial charge in [-0.1, -0.05) is 28.1 Å². The number of amides is 1. The molecule has 1 amide bonds. The third-order valence-corrected chi connectivity index (χ3v) is 3.45. The lowest BCUT2D eigenvalue weighted by molar-refractivity contribution is 0.0994. The molecule has 0 aliphatic carbocycles. The van der Waals surface area contributed by atoms with Gasteiger partial charge in [0.2, 0.25) is 5.76 Å². The van der Waals surface area contributed by atoms with Gasteiger partial charge < -0.3 is 9.73 Å². The van der Waals surface area contributed by atoms with E-state index < -0.39 is 0 Å². The second kappa shape index (κ2) is 6.70. The molecule has 5 heteroatoms. The summed E-state index contributed by atoms with van der Waals surface area (Å²) in [6.07, 6.45) is 2.05. The van der Waals surface area contributed by atoms with Crippen LogP contribution in [0.2, 0.25) is 0 Å². The number of nitrogens with one attached hydrogen (secondary N) is 1. The molecule has 2 aromatic rings. The van der Waals surface area contributed by atoms with Crippen LogP contribution in [-0.2, 0) is 6.42 Å². The number of benzene rings is 1. The van der Waals surface area contributed by atoms with Gasteiger partial charge in [0.1, 0.15) is 0 Å². The maximum Gasteiger partial charge on any atom is 0.293 e. The maximum atomic E-state index is 12.1. The van der Waals surface area contributed by atoms with Gasteiger partial charge in [-0.05, 0) is 37.5 Å². The van der Waals surface area contributed by atoms with Crippen molar-refractivity contribution in [1.82, 2.24) is 4.98 Å². The summed E-state index contributed by atoms with van der Waals surface area (Å²) in [4.78, 5) is 16.2. The van der Waals surface area contributed by atoms with E-state index in [4.69, 9.17) is 4.42 Å². The first kappa shape index (κ1) is 14.8. The number of hydrogen-bond donors (Lipinski definition) is 1. The quantitative estimate of drug-likeness (QED) is 0.843. The number of carbonyl (C=O) groups is 1. The fourth-order valence-corrected chi connectivity index (χ4v) is 2.29. The maximum absolute atomic E-state index is 12.1. The summed E-state index contributed by atoms with van der Waals surface area (Å²) in [7, 11) is 0. The number of carbonyl (C=O) groups excluding carboxylic acids is 1. The Labute approximate surface area is 126 Å². The molecule has 0 fully saturated rings. The van der Waals surface area contributed by atoms with E-state index in [1.807, 2.05) is 18.2 Å². The van der Waals surface area contributed by atoms with Gasteiger partial charge in [0, 0.05) is 17.9 Å². The Morgan fingerprint density at radius 2 is 2.20 bits per heavy atom. The van der Waals surface area contributed by atoms with Crippen molar-refractivity contribution >= 4 is 27.5 Å². The first-order chi connectivity index (χ1) is 9.60. The molecule has 0 unspecified atom stereocenters. The van der Waals surface area contributed by atoms with Crippen LogP contribution in [0, 0.1) is 13.8 Å². The van der Waals surface area contributed by atoms with E-state index in [1.165, 1.54) is 5.56 Å². The Bertz CT molecular complexity index is 608. The highest BCUT2D eigenvalue weighted by atomic mass is 79.9. The predicted molar refractivity (Wildman–Crippen MR) is 82.5 cm³/mol. The molecule has 1 aromatic heterocycles. The molecule has 0 aliphatic heterocycles. The number of oxazole rings is 1. The van der Waals surface area contributed by atoms with Crippen LogP contribution in [0.1, 0.15) is 34.1 Å². The van der Waals surface area contributed by atoms with E-state index in [2.05, 4.69) is 32.3 Å². The van der Waals surface area contributed by atoms with E-state index >= 15 is 0 Å². The molecule has 1 heterocycles. The van der Waals surface area contributed by atoms with Gasteiger partial charge in [-0.15, -0.1) is 0 Å². The van der Waals surface area contributed by atoms with Crippen LogP contribution in [0.25, 0.3) is 0 Å². The Morgan fingerprint density at radius 3 is 2.85 bits per heavy atom. The van der Waals surface area contributed by atoms with Crippen LogP contribution < -0.4 is 5.32 Å². The van der Waals surface area contributed by atoms with Crippen molar-refractivity contribution in [2.75, 3.05) is 10.6 Å². The molecule has 0 radical (unpaired) electrons. The topological polar surface area (TPSA) is 55.1 Å². The fraction of sp³-hybridized carbons (Fsp3) is 0.333. The molecule has 1 aromatic carbocycles. The van der Waals surface area contributed by atoms with Crippen molar-refractivity contribution in [2.24, 2.45) is 0 Å². The highest BCUT2D eigenvalue weighted by Crippen LogP contribution is 2.16. The number of hydrogen-bond acceptors (Lipinski definition) is 3. The second-order valence-corrected chi connectivity index (χ2v) is 5.39. The van der Waals surface area contributed by atoms with E-state index in [-0.39, 0.29) is 11.7 Å². The normalized spacial score (nSPS) is 10.6. The largest absolute Gasteiger partial charge is 0.436 e. The fourth-order valence-electron chi connectivity index (χ4n) is 2.01. The number of aromatic nitrogens is 1. The number of aryl methyl sites for hydroxylation is 3. The number of rotatable bonds is 5. The zero-order chi connectivity index (χ0) is 14.5. The average Bonchev–Trinajstić information content (AvgIpc) is 2.76. The van der Waals surface area contributed by atoms with Gasteiger partial charge in [0.05, 0.1) is 5.69 Å². The lowest BCUT2D eigenvalue weighted by Gasteiger charge is -2.06. The highest BCUT2D eigenvalue weighted by Gasteiger charge is 2.15. The van der Waals surface area contributed by atoms with Crippen LogP contribution in [0.4, 0.5) is 5.69 Å². The number of alkyl halides is 1. The Kier molecular flexibility index (Phi) is 4.95. The minimum Gasteiger partial charge on any atom is -0.436 e. The second-order valence-electron chi connectivity index (χ2n) is 4.59. The zero-order valence-electron chi connectivity index (χ0n) is 11.6. The van der Waals surface area contributed by atoms with Gasteiger partial charge >= 0.3 is 0 Å². The molecule has 0 bridgehead atoms. The van der Waals surface area contributed by atoms with Crippen molar-refractivity contribution in [3.05, 3.63) is 47.2 Å². The highest BCUT2D eigenvalue weighted by molar-refractivity contribution is 9.09. The van der Waals surface area contributed by atoms with E-state index in [1.54, 1.807) is 13.8 Å². The van der Waals surface area contributed by atoms with E-state index in [0.717, 1.165) is 23.9 Å². The molecule has 1 N–H and O–H groups in total. The standard InChI is InChI=1S/C15H17BrN2O2/c1-10-14(20-11(2)17-10)15(19)18-13-7-3-5-12(9-13)6-4-8-16/h3,5,7,9H,4,6,8H2,1-2H3,(H,18,19). The third-order valence-electron chi connectivity index (χ3n) is 2.89. The summed E-state index contributed by atoms with van der Waals surface area (Å²) in [5.41, 5.74) is 2.58.